The van der Waals surface area contributed by atoms with Gasteiger partial charge in [-0.3, -0.25) is 4.90 Å². The van der Waals surface area contributed by atoms with E-state index in [0.29, 0.717) is 12.4 Å². The molecular weight excluding hydrogens is 376 g/mol. The number of halogens is 1. The van der Waals surface area contributed by atoms with Crippen LogP contribution in [0.25, 0.3) is 5.82 Å². The Morgan fingerprint density at radius 1 is 1.11 bits per heavy atom. The van der Waals surface area contributed by atoms with Crippen molar-refractivity contribution in [2.45, 2.75) is 13.0 Å². The third-order valence-electron chi connectivity index (χ3n) is 4.83. The number of hydrogen-bond acceptors (Lipinski definition) is 6. The average Bonchev–Trinajstić information content (AvgIpc) is 3.17. The number of nitrogens with zero attached hydrogens (tertiary/aromatic N) is 5. The predicted octanol–water partition coefficient (Wildman–Crippen LogP) is 3.11. The summed E-state index contributed by atoms with van der Waals surface area (Å²) in [5.74, 6) is 1.41. The number of rotatable bonds is 6. The zero-order valence-electron chi connectivity index (χ0n) is 15.8. The van der Waals surface area contributed by atoms with Crippen LogP contribution >= 0.6 is 11.6 Å². The monoisotopic (exact) mass is 398 g/mol. The van der Waals surface area contributed by atoms with Crippen molar-refractivity contribution in [1.82, 2.24) is 24.9 Å². The number of aromatic nitrogens is 4. The van der Waals surface area contributed by atoms with Gasteiger partial charge in [-0.1, -0.05) is 29.8 Å². The van der Waals surface area contributed by atoms with E-state index < -0.39 is 0 Å². The molecule has 1 aliphatic rings. The molecule has 0 bridgehead atoms. The molecule has 0 spiro atoms. The Hall–Kier alpha value is -2.48. The molecule has 1 N–H and O–H groups in total. The zero-order valence-corrected chi connectivity index (χ0v) is 16.5. The summed E-state index contributed by atoms with van der Waals surface area (Å²) in [6.07, 6.45) is 1.87. The molecule has 28 heavy (non-hydrogen) atoms. The van der Waals surface area contributed by atoms with Crippen molar-refractivity contribution in [2.75, 3.05) is 38.2 Å². The average molecular weight is 399 g/mol. The van der Waals surface area contributed by atoms with Crippen LogP contribution in [0, 0.1) is 6.92 Å². The van der Waals surface area contributed by atoms with Crippen LogP contribution in [0.5, 0.6) is 0 Å². The molecule has 3 aromatic rings. The van der Waals surface area contributed by atoms with E-state index in [1.165, 1.54) is 0 Å². The number of aryl methyl sites for hydroxylation is 1. The van der Waals surface area contributed by atoms with E-state index >= 15 is 0 Å². The van der Waals surface area contributed by atoms with Crippen LogP contribution in [-0.4, -0.2) is 57.7 Å². The number of benzene rings is 1. The van der Waals surface area contributed by atoms with Crippen LogP contribution in [0.4, 0.5) is 5.82 Å². The summed E-state index contributed by atoms with van der Waals surface area (Å²) in [6.45, 7) is 5.85. The molecule has 2 aromatic heterocycles. The number of ether oxygens (including phenoxy) is 1. The molecule has 1 unspecified atom stereocenters. The van der Waals surface area contributed by atoms with Crippen molar-refractivity contribution in [3.05, 3.63) is 64.9 Å². The van der Waals surface area contributed by atoms with Crippen LogP contribution in [0.2, 0.25) is 5.02 Å². The minimum atomic E-state index is 0.132. The van der Waals surface area contributed by atoms with E-state index in [9.17, 15) is 0 Å². The molecule has 146 valence electrons. The minimum absolute atomic E-state index is 0.132. The Morgan fingerprint density at radius 2 is 1.93 bits per heavy atom. The first-order valence-corrected chi connectivity index (χ1v) is 9.75. The lowest BCUT2D eigenvalue weighted by atomic mass is 10.0. The Balaban J connectivity index is 1.48. The third-order valence-corrected chi connectivity index (χ3v) is 5.18. The quantitative estimate of drug-likeness (QED) is 0.688. The van der Waals surface area contributed by atoms with Crippen molar-refractivity contribution < 1.29 is 4.74 Å². The van der Waals surface area contributed by atoms with Gasteiger partial charge in [-0.15, -0.1) is 10.2 Å². The zero-order chi connectivity index (χ0) is 19.3. The van der Waals surface area contributed by atoms with E-state index in [1.807, 2.05) is 49.5 Å². The Labute approximate surface area is 169 Å². The highest BCUT2D eigenvalue weighted by atomic mass is 35.5. The lowest BCUT2D eigenvalue weighted by molar-refractivity contribution is 0.0187. The van der Waals surface area contributed by atoms with Gasteiger partial charge in [-0.25, -0.2) is 4.68 Å². The molecule has 0 aliphatic carbocycles. The summed E-state index contributed by atoms with van der Waals surface area (Å²) in [4.78, 5) is 2.39. The second-order valence-electron chi connectivity index (χ2n) is 6.75. The maximum Gasteiger partial charge on any atom is 0.175 e. The van der Waals surface area contributed by atoms with E-state index in [2.05, 4.69) is 31.6 Å². The second kappa shape index (κ2) is 8.68. The lowest BCUT2D eigenvalue weighted by Gasteiger charge is -2.35. The van der Waals surface area contributed by atoms with E-state index in [1.54, 1.807) is 4.68 Å². The molecule has 0 saturated carbocycles. The molecule has 7 nitrogen and oxygen atoms in total. The van der Waals surface area contributed by atoms with Gasteiger partial charge in [-0.2, -0.15) is 5.10 Å². The molecular formula is C20H23ClN6O. The fraction of sp³-hybridized carbons (Fsp3) is 0.350. The third kappa shape index (κ3) is 4.32. The SMILES string of the molecule is Cc1ccn(-c2ccc(NCC(c3ccccc3Cl)N3CCOCC3)nn2)n1. The summed E-state index contributed by atoms with van der Waals surface area (Å²) in [5.41, 5.74) is 2.05. The van der Waals surface area contributed by atoms with Gasteiger partial charge in [-0.05, 0) is 36.8 Å². The second-order valence-corrected chi connectivity index (χ2v) is 7.15. The van der Waals surface area contributed by atoms with Crippen LogP contribution in [-0.2, 0) is 4.74 Å². The van der Waals surface area contributed by atoms with Gasteiger partial charge in [0.25, 0.3) is 0 Å². The lowest BCUT2D eigenvalue weighted by Crippen LogP contribution is -2.41. The molecule has 1 aliphatic heterocycles. The summed E-state index contributed by atoms with van der Waals surface area (Å²) >= 11 is 6.49. The largest absolute Gasteiger partial charge is 0.379 e. The summed E-state index contributed by atoms with van der Waals surface area (Å²) < 4.78 is 7.22. The maximum atomic E-state index is 6.49. The number of nitrogens with one attached hydrogen (secondary N) is 1. The highest BCUT2D eigenvalue weighted by molar-refractivity contribution is 6.31. The number of anilines is 1. The van der Waals surface area contributed by atoms with Crippen molar-refractivity contribution in [1.29, 1.82) is 0 Å². The molecule has 0 radical (unpaired) electrons. The Kier molecular flexibility index (Phi) is 5.85. The Morgan fingerprint density at radius 3 is 2.61 bits per heavy atom. The molecule has 1 fully saturated rings. The van der Waals surface area contributed by atoms with E-state index in [0.717, 1.165) is 48.4 Å². The van der Waals surface area contributed by atoms with Crippen molar-refractivity contribution in [3.8, 4) is 5.82 Å². The molecule has 1 aromatic carbocycles. The molecule has 0 amide bonds. The van der Waals surface area contributed by atoms with E-state index in [-0.39, 0.29) is 6.04 Å². The molecule has 3 heterocycles. The van der Waals surface area contributed by atoms with Crippen LogP contribution in [0.1, 0.15) is 17.3 Å². The minimum Gasteiger partial charge on any atom is -0.379 e. The highest BCUT2D eigenvalue weighted by Crippen LogP contribution is 2.28. The fourth-order valence-electron chi connectivity index (χ4n) is 3.36. The maximum absolute atomic E-state index is 6.49. The first-order valence-electron chi connectivity index (χ1n) is 9.37. The van der Waals surface area contributed by atoms with Crippen molar-refractivity contribution in [2.24, 2.45) is 0 Å². The standard InChI is InChI=1S/C20H23ClN6O/c1-15-8-9-27(25-15)20-7-6-19(23-24-20)22-14-18(26-10-12-28-13-11-26)16-4-2-3-5-17(16)21/h2-9,18H,10-14H2,1H3,(H,22,23). The highest BCUT2D eigenvalue weighted by Gasteiger charge is 2.24. The molecule has 1 saturated heterocycles. The van der Waals surface area contributed by atoms with Gasteiger partial charge in [0.2, 0.25) is 0 Å². The summed E-state index contributed by atoms with van der Waals surface area (Å²) in [5, 5.41) is 17.1. The normalized spacial score (nSPS) is 16.1. The molecule has 1 atom stereocenters. The number of morpholine rings is 1. The van der Waals surface area contributed by atoms with Gasteiger partial charge in [0.1, 0.15) is 5.82 Å². The predicted molar refractivity (Wildman–Crippen MR) is 109 cm³/mol. The first-order chi connectivity index (χ1) is 13.7. The van der Waals surface area contributed by atoms with Crippen molar-refractivity contribution in [3.63, 3.8) is 0 Å². The topological polar surface area (TPSA) is 68.1 Å². The van der Waals surface area contributed by atoms with Gasteiger partial charge in [0.05, 0.1) is 24.9 Å². The van der Waals surface area contributed by atoms with Crippen LogP contribution in [0.3, 0.4) is 0 Å². The molecule has 4 rings (SSSR count). The van der Waals surface area contributed by atoms with Gasteiger partial charge in [0, 0.05) is 30.9 Å². The summed E-state index contributed by atoms with van der Waals surface area (Å²) in [7, 11) is 0. The van der Waals surface area contributed by atoms with Gasteiger partial charge in [0.15, 0.2) is 5.82 Å². The smallest absolute Gasteiger partial charge is 0.175 e. The first kappa shape index (κ1) is 18.9. The van der Waals surface area contributed by atoms with Crippen molar-refractivity contribution >= 4 is 17.4 Å². The molecule has 8 heteroatoms. The van der Waals surface area contributed by atoms with Gasteiger partial charge >= 0.3 is 0 Å². The fourth-order valence-corrected chi connectivity index (χ4v) is 3.62. The van der Waals surface area contributed by atoms with Crippen LogP contribution in [0.15, 0.2) is 48.7 Å². The number of hydrogen-bond donors (Lipinski definition) is 1. The van der Waals surface area contributed by atoms with E-state index in [4.69, 9.17) is 16.3 Å². The van der Waals surface area contributed by atoms with Crippen LogP contribution < -0.4 is 5.32 Å². The van der Waals surface area contributed by atoms with Gasteiger partial charge < -0.3 is 10.1 Å². The Bertz CT molecular complexity index is 907. The summed E-state index contributed by atoms with van der Waals surface area (Å²) in [6, 6.07) is 13.9.